The van der Waals surface area contributed by atoms with Crippen molar-refractivity contribution >= 4 is 0 Å². The van der Waals surface area contributed by atoms with Crippen LogP contribution >= 0.6 is 0 Å². The predicted octanol–water partition coefficient (Wildman–Crippen LogP) is 2.90. The van der Waals surface area contributed by atoms with Gasteiger partial charge in [0.15, 0.2) is 0 Å². The fourth-order valence-electron chi connectivity index (χ4n) is 2.37. The fraction of sp³-hybridized carbons (Fsp3) is 0.917. The Bertz CT molecular complexity index is 146. The Morgan fingerprint density at radius 3 is 2.07 bits per heavy atom. The first kappa shape index (κ1) is 13.4. The molecule has 1 rings (SSSR count). The summed E-state index contributed by atoms with van der Waals surface area (Å²) >= 11 is 0. The van der Waals surface area contributed by atoms with Gasteiger partial charge in [-0.3, -0.25) is 0 Å². The first-order valence-electron chi connectivity index (χ1n) is 5.90. The normalized spacial score (nSPS) is 19.4. The highest BCUT2D eigenvalue weighted by atomic mass is 15.3. The molecule has 0 aromatic rings. The molecule has 0 radical (unpaired) electrons. The van der Waals surface area contributed by atoms with Crippen LogP contribution in [0.2, 0.25) is 0 Å². The van der Waals surface area contributed by atoms with E-state index in [-0.39, 0.29) is 0 Å². The van der Waals surface area contributed by atoms with E-state index >= 15 is 0 Å². The largest absolute Gasteiger partial charge is 0.512 e. The number of piperidine rings is 1. The van der Waals surface area contributed by atoms with E-state index in [0.29, 0.717) is 0 Å². The molecule has 1 aliphatic heterocycles. The average molecular weight is 196 g/mol. The van der Waals surface area contributed by atoms with E-state index < -0.39 is 0 Å². The van der Waals surface area contributed by atoms with Crippen LogP contribution in [0.5, 0.6) is 0 Å². The van der Waals surface area contributed by atoms with Gasteiger partial charge in [0.1, 0.15) is 0 Å². The minimum Gasteiger partial charge on any atom is -0.512 e. The summed E-state index contributed by atoms with van der Waals surface area (Å²) in [5.74, 6) is 0. The molecular formula is C12H24N2. The average Bonchev–Trinajstić information content (AvgIpc) is 2.30. The van der Waals surface area contributed by atoms with Crippen molar-refractivity contribution in [3.63, 3.8) is 0 Å². The third kappa shape index (κ3) is 4.11. The standard InChI is InChI=1S/C11H24N.CN/c1-3-5-9-12(4-2)10-7-6-8-11-12;1-2/h3-11H2,1-2H3;/q+1;-1. The fourth-order valence-corrected chi connectivity index (χ4v) is 2.37. The molecule has 0 saturated carbocycles. The minimum atomic E-state index is 1.36. The first-order valence-corrected chi connectivity index (χ1v) is 5.90. The lowest BCUT2D eigenvalue weighted by atomic mass is 10.1. The van der Waals surface area contributed by atoms with Crippen molar-refractivity contribution in [2.45, 2.75) is 46.0 Å². The molecule has 1 saturated heterocycles. The number of unbranched alkanes of at least 4 members (excludes halogenated alkanes) is 1. The molecule has 1 aliphatic rings. The lowest BCUT2D eigenvalue weighted by molar-refractivity contribution is -0.931. The highest BCUT2D eigenvalue weighted by Gasteiger charge is 2.26. The van der Waals surface area contributed by atoms with Gasteiger partial charge in [-0.25, -0.2) is 0 Å². The van der Waals surface area contributed by atoms with Gasteiger partial charge in [-0.1, -0.05) is 13.3 Å². The molecule has 0 N–H and O–H groups in total. The van der Waals surface area contributed by atoms with Crippen molar-refractivity contribution in [1.82, 2.24) is 0 Å². The molecule has 0 aliphatic carbocycles. The SMILES string of the molecule is CCCC[N+]1(CC)CCCCC1.[C-]#N. The van der Waals surface area contributed by atoms with E-state index in [0.717, 1.165) is 0 Å². The van der Waals surface area contributed by atoms with Crippen LogP contribution < -0.4 is 0 Å². The molecule has 0 amide bonds. The molecule has 2 heteroatoms. The second kappa shape index (κ2) is 7.82. The third-order valence-electron chi connectivity index (χ3n) is 3.42. The molecule has 2 nitrogen and oxygen atoms in total. The molecule has 0 atom stereocenters. The summed E-state index contributed by atoms with van der Waals surface area (Å²) in [6.45, 7) is 15.1. The van der Waals surface area contributed by atoms with Crippen LogP contribution in [0.15, 0.2) is 0 Å². The van der Waals surface area contributed by atoms with Crippen molar-refractivity contribution < 1.29 is 4.48 Å². The van der Waals surface area contributed by atoms with Crippen molar-refractivity contribution in [3.8, 4) is 0 Å². The Morgan fingerprint density at radius 2 is 1.64 bits per heavy atom. The second-order valence-corrected chi connectivity index (χ2v) is 4.24. The monoisotopic (exact) mass is 196 g/mol. The van der Waals surface area contributed by atoms with Crippen molar-refractivity contribution in [3.05, 3.63) is 6.57 Å². The van der Waals surface area contributed by atoms with Gasteiger partial charge in [-0.15, -0.1) is 0 Å². The van der Waals surface area contributed by atoms with E-state index in [4.69, 9.17) is 11.8 Å². The van der Waals surface area contributed by atoms with Gasteiger partial charge in [0.05, 0.1) is 26.2 Å². The van der Waals surface area contributed by atoms with E-state index in [1.807, 2.05) is 0 Å². The Hall–Kier alpha value is -0.550. The number of hydrogen-bond acceptors (Lipinski definition) is 1. The molecule has 0 unspecified atom stereocenters. The van der Waals surface area contributed by atoms with E-state index in [1.165, 1.54) is 62.8 Å². The summed E-state index contributed by atoms with van der Waals surface area (Å²) in [5.41, 5.74) is 0. The third-order valence-corrected chi connectivity index (χ3v) is 3.42. The second-order valence-electron chi connectivity index (χ2n) is 4.24. The maximum atomic E-state index is 6.25. The van der Waals surface area contributed by atoms with Crippen LogP contribution in [0.25, 0.3) is 0 Å². The Balaban J connectivity index is 0.000000791. The van der Waals surface area contributed by atoms with Crippen LogP contribution in [0.3, 0.4) is 0 Å². The van der Waals surface area contributed by atoms with Gasteiger partial charge in [0, 0.05) is 0 Å². The van der Waals surface area contributed by atoms with Gasteiger partial charge < -0.3 is 16.3 Å². The molecule has 0 bridgehead atoms. The summed E-state index contributed by atoms with van der Waals surface area (Å²) in [5, 5.41) is 6.25. The Labute approximate surface area is 89.1 Å². The Kier molecular flexibility index (Phi) is 7.51. The molecule has 14 heavy (non-hydrogen) atoms. The van der Waals surface area contributed by atoms with Crippen LogP contribution in [0.1, 0.15) is 46.0 Å². The quantitative estimate of drug-likeness (QED) is 0.501. The molecular weight excluding hydrogens is 172 g/mol. The number of rotatable bonds is 4. The molecule has 0 aromatic heterocycles. The van der Waals surface area contributed by atoms with E-state index in [1.54, 1.807) is 0 Å². The lowest BCUT2D eigenvalue weighted by Crippen LogP contribution is -2.51. The molecule has 82 valence electrons. The number of likely N-dealkylation sites (tertiary alicyclic amines) is 1. The van der Waals surface area contributed by atoms with Gasteiger partial charge in [0.25, 0.3) is 0 Å². The van der Waals surface area contributed by atoms with Crippen molar-refractivity contribution in [1.29, 1.82) is 5.26 Å². The van der Waals surface area contributed by atoms with Crippen molar-refractivity contribution in [2.24, 2.45) is 0 Å². The summed E-state index contributed by atoms with van der Waals surface area (Å²) in [6, 6.07) is 0. The van der Waals surface area contributed by atoms with Crippen molar-refractivity contribution in [2.75, 3.05) is 26.2 Å². The highest BCUT2D eigenvalue weighted by Crippen LogP contribution is 2.19. The van der Waals surface area contributed by atoms with Gasteiger partial charge in [-0.05, 0) is 32.6 Å². The predicted molar refractivity (Wildman–Crippen MR) is 59.1 cm³/mol. The van der Waals surface area contributed by atoms with E-state index in [9.17, 15) is 0 Å². The smallest absolute Gasteiger partial charge is 0.0786 e. The number of hydrogen-bond donors (Lipinski definition) is 0. The molecule has 0 aromatic carbocycles. The molecule has 0 spiro atoms. The Morgan fingerprint density at radius 1 is 1.07 bits per heavy atom. The number of quaternary nitrogens is 1. The van der Waals surface area contributed by atoms with Crippen LogP contribution in [-0.4, -0.2) is 30.7 Å². The molecule has 1 heterocycles. The van der Waals surface area contributed by atoms with Crippen LogP contribution in [0.4, 0.5) is 0 Å². The number of nitrogens with zero attached hydrogens (tertiary/aromatic N) is 2. The summed E-state index contributed by atoms with van der Waals surface area (Å²) < 4.78 is 1.42. The van der Waals surface area contributed by atoms with Gasteiger partial charge >= 0.3 is 0 Å². The summed E-state index contributed by atoms with van der Waals surface area (Å²) in [4.78, 5) is 0. The van der Waals surface area contributed by atoms with Gasteiger partial charge in [-0.2, -0.15) is 0 Å². The minimum absolute atomic E-state index is 1.36. The maximum Gasteiger partial charge on any atom is 0.0786 e. The highest BCUT2D eigenvalue weighted by molar-refractivity contribution is 4.53. The first-order chi connectivity index (χ1) is 6.83. The zero-order valence-electron chi connectivity index (χ0n) is 9.76. The van der Waals surface area contributed by atoms with Gasteiger partial charge in [0.2, 0.25) is 0 Å². The summed E-state index contributed by atoms with van der Waals surface area (Å²) in [7, 11) is 0. The molecule has 1 fully saturated rings. The maximum absolute atomic E-state index is 6.25. The lowest BCUT2D eigenvalue weighted by Gasteiger charge is -2.40. The van der Waals surface area contributed by atoms with Crippen LogP contribution in [0, 0.1) is 11.8 Å². The summed E-state index contributed by atoms with van der Waals surface area (Å²) in [6.07, 6.45) is 7.20. The zero-order valence-corrected chi connectivity index (χ0v) is 9.76. The zero-order chi connectivity index (χ0) is 10.9. The van der Waals surface area contributed by atoms with Crippen LogP contribution in [-0.2, 0) is 0 Å². The van der Waals surface area contributed by atoms with E-state index in [2.05, 4.69) is 13.8 Å². The topological polar surface area (TPSA) is 23.8 Å².